The fourth-order valence-corrected chi connectivity index (χ4v) is 2.43. The second-order valence-corrected chi connectivity index (χ2v) is 7.95. The summed E-state index contributed by atoms with van der Waals surface area (Å²) in [5, 5.41) is 0. The van der Waals surface area contributed by atoms with Crippen molar-refractivity contribution in [1.82, 2.24) is 9.21 Å². The van der Waals surface area contributed by atoms with Crippen molar-refractivity contribution in [2.45, 2.75) is 19.4 Å². The Labute approximate surface area is 130 Å². The van der Waals surface area contributed by atoms with Gasteiger partial charge < -0.3 is 4.90 Å². The van der Waals surface area contributed by atoms with E-state index in [-0.39, 0.29) is 18.3 Å². The first kappa shape index (κ1) is 16.9. The van der Waals surface area contributed by atoms with Gasteiger partial charge in [0.05, 0.1) is 12.8 Å². The van der Waals surface area contributed by atoms with Gasteiger partial charge in [-0.2, -0.15) is 4.31 Å². The zero-order valence-electron chi connectivity index (χ0n) is 12.8. The number of halogens is 1. The molecule has 0 atom stereocenters. The molecular formula is C15H21FN2O3S. The fraction of sp³-hybridized carbons (Fsp3) is 0.533. The van der Waals surface area contributed by atoms with E-state index in [0.717, 1.165) is 29.0 Å². The number of nitrogens with zero attached hydrogens (tertiary/aromatic N) is 2. The first-order chi connectivity index (χ1) is 10.3. The first-order valence-corrected chi connectivity index (χ1v) is 9.04. The number of carbonyl (C=O) groups is 1. The molecule has 1 fully saturated rings. The molecule has 0 N–H and O–H groups in total. The van der Waals surface area contributed by atoms with Crippen LogP contribution >= 0.6 is 0 Å². The van der Waals surface area contributed by atoms with Crippen molar-refractivity contribution in [3.63, 3.8) is 0 Å². The molecule has 122 valence electrons. The van der Waals surface area contributed by atoms with Gasteiger partial charge in [-0.15, -0.1) is 0 Å². The highest BCUT2D eigenvalue weighted by atomic mass is 32.2. The SMILES string of the molecule is CN(CC(=O)N(Cc1ccc(F)cc1)CC1CC1)S(C)(=O)=O. The molecule has 1 aliphatic rings. The van der Waals surface area contributed by atoms with Crippen LogP contribution in [0, 0.1) is 11.7 Å². The summed E-state index contributed by atoms with van der Waals surface area (Å²) in [5.41, 5.74) is 0.831. The second kappa shape index (κ2) is 6.75. The normalized spacial score (nSPS) is 15.1. The smallest absolute Gasteiger partial charge is 0.238 e. The maximum atomic E-state index is 13.0. The van der Waals surface area contributed by atoms with Crippen molar-refractivity contribution in [3.8, 4) is 0 Å². The minimum Gasteiger partial charge on any atom is -0.337 e. The summed E-state index contributed by atoms with van der Waals surface area (Å²) in [7, 11) is -2.00. The maximum Gasteiger partial charge on any atom is 0.238 e. The summed E-state index contributed by atoms with van der Waals surface area (Å²) in [5.74, 6) is -0.0577. The quantitative estimate of drug-likeness (QED) is 0.761. The molecule has 0 saturated heterocycles. The van der Waals surface area contributed by atoms with Crippen LogP contribution < -0.4 is 0 Å². The van der Waals surface area contributed by atoms with Gasteiger partial charge in [-0.3, -0.25) is 4.79 Å². The van der Waals surface area contributed by atoms with Crippen molar-refractivity contribution in [3.05, 3.63) is 35.6 Å². The van der Waals surface area contributed by atoms with Crippen LogP contribution in [0.1, 0.15) is 18.4 Å². The highest BCUT2D eigenvalue weighted by Crippen LogP contribution is 2.30. The Kier molecular flexibility index (Phi) is 5.18. The van der Waals surface area contributed by atoms with E-state index in [0.29, 0.717) is 19.0 Å². The second-order valence-electron chi connectivity index (χ2n) is 5.86. The highest BCUT2D eigenvalue weighted by Gasteiger charge is 2.28. The van der Waals surface area contributed by atoms with E-state index in [1.165, 1.54) is 19.2 Å². The summed E-state index contributed by atoms with van der Waals surface area (Å²) in [6.45, 7) is 0.813. The molecule has 1 aliphatic carbocycles. The number of amides is 1. The molecule has 1 amide bonds. The van der Waals surface area contributed by atoms with Crippen molar-refractivity contribution < 1.29 is 17.6 Å². The minimum atomic E-state index is -3.39. The molecule has 0 unspecified atom stereocenters. The average Bonchev–Trinajstić information content (AvgIpc) is 3.23. The molecule has 0 radical (unpaired) electrons. The van der Waals surface area contributed by atoms with Crippen LogP contribution in [-0.2, 0) is 21.4 Å². The van der Waals surface area contributed by atoms with Crippen molar-refractivity contribution in [1.29, 1.82) is 0 Å². The molecule has 0 bridgehead atoms. The predicted molar refractivity (Wildman–Crippen MR) is 82.0 cm³/mol. The summed E-state index contributed by atoms with van der Waals surface area (Å²) in [4.78, 5) is 14.0. The van der Waals surface area contributed by atoms with E-state index in [1.54, 1.807) is 17.0 Å². The molecule has 1 aromatic rings. The largest absolute Gasteiger partial charge is 0.337 e. The molecule has 1 aromatic carbocycles. The van der Waals surface area contributed by atoms with Crippen LogP contribution in [0.15, 0.2) is 24.3 Å². The van der Waals surface area contributed by atoms with Crippen LogP contribution in [0.3, 0.4) is 0 Å². The van der Waals surface area contributed by atoms with Crippen LogP contribution in [-0.4, -0.2) is 49.9 Å². The van der Waals surface area contributed by atoms with Gasteiger partial charge >= 0.3 is 0 Å². The lowest BCUT2D eigenvalue weighted by atomic mass is 10.2. The zero-order valence-corrected chi connectivity index (χ0v) is 13.6. The molecule has 1 saturated carbocycles. The number of carbonyl (C=O) groups excluding carboxylic acids is 1. The van der Waals surface area contributed by atoms with Crippen molar-refractivity contribution in [2.24, 2.45) is 5.92 Å². The molecule has 5 nitrogen and oxygen atoms in total. The lowest BCUT2D eigenvalue weighted by molar-refractivity contribution is -0.132. The Morgan fingerprint density at radius 2 is 1.86 bits per heavy atom. The summed E-state index contributed by atoms with van der Waals surface area (Å²) in [6, 6.07) is 6.00. The molecular weight excluding hydrogens is 307 g/mol. The monoisotopic (exact) mass is 328 g/mol. The molecule has 0 heterocycles. The first-order valence-electron chi connectivity index (χ1n) is 7.19. The van der Waals surface area contributed by atoms with Crippen molar-refractivity contribution in [2.75, 3.05) is 26.4 Å². The number of likely N-dealkylation sites (N-methyl/N-ethyl adjacent to an activating group) is 1. The lowest BCUT2D eigenvalue weighted by Crippen LogP contribution is -2.41. The Hall–Kier alpha value is -1.47. The summed E-state index contributed by atoms with van der Waals surface area (Å²) in [6.07, 6.45) is 3.26. The molecule has 0 aliphatic heterocycles. The van der Waals surface area contributed by atoms with Crippen molar-refractivity contribution >= 4 is 15.9 Å². The van der Waals surface area contributed by atoms with Gasteiger partial charge in [-0.25, -0.2) is 12.8 Å². The average molecular weight is 328 g/mol. The third-order valence-corrected chi connectivity index (χ3v) is 5.00. The van der Waals surface area contributed by atoms with E-state index in [2.05, 4.69) is 0 Å². The lowest BCUT2D eigenvalue weighted by Gasteiger charge is -2.25. The topological polar surface area (TPSA) is 57.7 Å². The number of hydrogen-bond acceptors (Lipinski definition) is 3. The van der Waals surface area contributed by atoms with Gasteiger partial charge in [-0.05, 0) is 36.5 Å². The number of rotatable bonds is 7. The van der Waals surface area contributed by atoms with Gasteiger partial charge in [0.15, 0.2) is 0 Å². The number of benzene rings is 1. The van der Waals surface area contributed by atoms with Crippen LogP contribution in [0.4, 0.5) is 4.39 Å². The fourth-order valence-electron chi connectivity index (χ4n) is 2.08. The van der Waals surface area contributed by atoms with E-state index in [9.17, 15) is 17.6 Å². The summed E-state index contributed by atoms with van der Waals surface area (Å²) < 4.78 is 36.9. The third kappa shape index (κ3) is 5.06. The zero-order chi connectivity index (χ0) is 16.3. The Morgan fingerprint density at radius 3 is 2.36 bits per heavy atom. The number of hydrogen-bond donors (Lipinski definition) is 0. The van der Waals surface area contributed by atoms with E-state index in [1.807, 2.05) is 0 Å². The number of sulfonamides is 1. The van der Waals surface area contributed by atoms with E-state index >= 15 is 0 Å². The Bertz CT molecular complexity index is 627. The molecule has 2 rings (SSSR count). The molecule has 0 spiro atoms. The minimum absolute atomic E-state index is 0.174. The van der Waals surface area contributed by atoms with E-state index < -0.39 is 10.0 Å². The molecule has 0 aromatic heterocycles. The highest BCUT2D eigenvalue weighted by molar-refractivity contribution is 7.88. The van der Waals surface area contributed by atoms with Gasteiger partial charge in [0.2, 0.25) is 15.9 Å². The molecule has 22 heavy (non-hydrogen) atoms. The van der Waals surface area contributed by atoms with Gasteiger partial charge in [-0.1, -0.05) is 12.1 Å². The van der Waals surface area contributed by atoms with Crippen LogP contribution in [0.2, 0.25) is 0 Å². The Morgan fingerprint density at radius 1 is 1.27 bits per heavy atom. The van der Waals surface area contributed by atoms with E-state index in [4.69, 9.17) is 0 Å². The van der Waals surface area contributed by atoms with Gasteiger partial charge in [0.25, 0.3) is 0 Å². The van der Waals surface area contributed by atoms with Gasteiger partial charge in [0.1, 0.15) is 5.82 Å². The standard InChI is InChI=1S/C15H21FN2O3S/c1-17(22(2,20)21)11-15(19)18(9-12-3-4-12)10-13-5-7-14(16)8-6-13/h5-8,12H,3-4,9-11H2,1-2H3. The summed E-state index contributed by atoms with van der Waals surface area (Å²) >= 11 is 0. The third-order valence-electron chi connectivity index (χ3n) is 3.74. The predicted octanol–water partition coefficient (Wildman–Crippen LogP) is 1.46. The maximum absolute atomic E-state index is 13.0. The van der Waals surface area contributed by atoms with Crippen LogP contribution in [0.25, 0.3) is 0 Å². The Balaban J connectivity index is 2.04. The van der Waals surface area contributed by atoms with Gasteiger partial charge in [0, 0.05) is 20.1 Å². The van der Waals surface area contributed by atoms with Crippen LogP contribution in [0.5, 0.6) is 0 Å². The molecule has 7 heteroatoms.